The van der Waals surface area contributed by atoms with Gasteiger partial charge in [-0.3, -0.25) is 4.79 Å². The molecule has 2 aromatic rings. The lowest BCUT2D eigenvalue weighted by Gasteiger charge is -2.34. The van der Waals surface area contributed by atoms with Crippen LogP contribution in [0.5, 0.6) is 0 Å². The van der Waals surface area contributed by atoms with Crippen molar-refractivity contribution < 1.29 is 9.59 Å². The van der Waals surface area contributed by atoms with E-state index in [2.05, 4.69) is 22.8 Å². The zero-order valence-corrected chi connectivity index (χ0v) is 15.1. The molecule has 3 amide bonds. The van der Waals surface area contributed by atoms with Gasteiger partial charge in [0.15, 0.2) is 0 Å². The number of amides is 3. The molecular formula is C20H24N4O2. The maximum Gasteiger partial charge on any atom is 0.321 e. The van der Waals surface area contributed by atoms with Crippen molar-refractivity contribution in [2.24, 2.45) is 0 Å². The molecule has 136 valence electrons. The average Bonchev–Trinajstić information content (AvgIpc) is 2.68. The predicted molar refractivity (Wildman–Crippen MR) is 102 cm³/mol. The second-order valence-corrected chi connectivity index (χ2v) is 6.57. The maximum absolute atomic E-state index is 12.7. The van der Waals surface area contributed by atoms with Crippen LogP contribution in [0.2, 0.25) is 0 Å². The molecule has 1 heterocycles. The molecule has 1 aliphatic heterocycles. The maximum atomic E-state index is 12.7. The van der Waals surface area contributed by atoms with Gasteiger partial charge in [-0.05, 0) is 23.8 Å². The zero-order valence-electron chi connectivity index (χ0n) is 15.1. The first-order valence-electron chi connectivity index (χ1n) is 8.70. The van der Waals surface area contributed by atoms with E-state index in [9.17, 15) is 9.59 Å². The summed E-state index contributed by atoms with van der Waals surface area (Å²) in [6.45, 7) is 1.99. The largest absolute Gasteiger partial charge is 0.345 e. The van der Waals surface area contributed by atoms with Crippen molar-refractivity contribution in [1.29, 1.82) is 0 Å². The topological polar surface area (TPSA) is 64.7 Å². The third-order valence-electron chi connectivity index (χ3n) is 4.43. The Morgan fingerprint density at radius 2 is 1.88 bits per heavy atom. The molecule has 1 fully saturated rings. The van der Waals surface area contributed by atoms with Gasteiger partial charge in [0.1, 0.15) is 0 Å². The van der Waals surface area contributed by atoms with Gasteiger partial charge in [0.2, 0.25) is 0 Å². The van der Waals surface area contributed by atoms with Gasteiger partial charge in [0.25, 0.3) is 5.91 Å². The Bertz CT molecular complexity index is 776. The minimum absolute atomic E-state index is 0.0904. The highest BCUT2D eigenvalue weighted by molar-refractivity contribution is 5.96. The van der Waals surface area contributed by atoms with Gasteiger partial charge < -0.3 is 20.4 Å². The first-order chi connectivity index (χ1) is 12.5. The molecule has 0 radical (unpaired) electrons. The molecule has 6 nitrogen and oxygen atoms in total. The van der Waals surface area contributed by atoms with E-state index in [4.69, 9.17) is 0 Å². The summed E-state index contributed by atoms with van der Waals surface area (Å²) in [5.41, 5.74) is 2.34. The predicted octanol–water partition coefficient (Wildman–Crippen LogP) is 2.57. The molecule has 0 aliphatic carbocycles. The summed E-state index contributed by atoms with van der Waals surface area (Å²) in [6, 6.07) is 17.1. The molecule has 1 saturated heterocycles. The third-order valence-corrected chi connectivity index (χ3v) is 4.43. The molecule has 3 rings (SSSR count). The van der Waals surface area contributed by atoms with Gasteiger partial charge in [-0.15, -0.1) is 0 Å². The molecule has 6 heteroatoms. The van der Waals surface area contributed by atoms with Crippen molar-refractivity contribution in [3.05, 3.63) is 65.7 Å². The standard InChI is InChI=1S/C20H24N4O2/c1-23(2)19(25)16-9-6-10-17(13-16)22-20(26)24-12-11-21-18(14-24)15-7-4-3-5-8-15/h3-10,13,18,21H,11-12,14H2,1-2H3,(H,22,26)/t18-/m1/s1. The van der Waals surface area contributed by atoms with Crippen LogP contribution in [0.15, 0.2) is 54.6 Å². The number of rotatable bonds is 3. The normalized spacial score (nSPS) is 16.8. The quantitative estimate of drug-likeness (QED) is 0.892. The number of piperazine rings is 1. The van der Waals surface area contributed by atoms with Crippen LogP contribution in [0.1, 0.15) is 22.0 Å². The van der Waals surface area contributed by atoms with E-state index in [1.807, 2.05) is 18.2 Å². The van der Waals surface area contributed by atoms with Crippen LogP contribution in [-0.4, -0.2) is 55.5 Å². The van der Waals surface area contributed by atoms with Crippen LogP contribution in [0.4, 0.5) is 10.5 Å². The van der Waals surface area contributed by atoms with Crippen LogP contribution in [0.25, 0.3) is 0 Å². The Morgan fingerprint density at radius 3 is 2.62 bits per heavy atom. The number of hydrogen-bond acceptors (Lipinski definition) is 3. The van der Waals surface area contributed by atoms with Crippen molar-refractivity contribution in [3.63, 3.8) is 0 Å². The fraction of sp³-hybridized carbons (Fsp3) is 0.300. The molecule has 2 N–H and O–H groups in total. The highest BCUT2D eigenvalue weighted by atomic mass is 16.2. The Hall–Kier alpha value is -2.86. The Balaban J connectivity index is 1.66. The summed E-state index contributed by atoms with van der Waals surface area (Å²) in [7, 11) is 3.41. The van der Waals surface area contributed by atoms with E-state index in [1.54, 1.807) is 43.3 Å². The van der Waals surface area contributed by atoms with Gasteiger partial charge in [-0.2, -0.15) is 0 Å². The minimum Gasteiger partial charge on any atom is -0.345 e. The van der Waals surface area contributed by atoms with E-state index >= 15 is 0 Å². The van der Waals surface area contributed by atoms with Crippen molar-refractivity contribution >= 4 is 17.6 Å². The van der Waals surface area contributed by atoms with E-state index in [0.717, 1.165) is 6.54 Å². The SMILES string of the molecule is CN(C)C(=O)c1cccc(NC(=O)N2CCN[C@@H](c3ccccc3)C2)c1. The zero-order chi connectivity index (χ0) is 18.5. The lowest BCUT2D eigenvalue weighted by Crippen LogP contribution is -2.49. The molecule has 0 unspecified atom stereocenters. The first-order valence-corrected chi connectivity index (χ1v) is 8.70. The van der Waals surface area contributed by atoms with Crippen molar-refractivity contribution in [2.45, 2.75) is 6.04 Å². The number of nitrogens with one attached hydrogen (secondary N) is 2. The molecule has 0 aromatic heterocycles. The molecule has 0 bridgehead atoms. The van der Waals surface area contributed by atoms with E-state index in [1.165, 1.54) is 10.5 Å². The van der Waals surface area contributed by atoms with Crippen LogP contribution in [0.3, 0.4) is 0 Å². The summed E-state index contributed by atoms with van der Waals surface area (Å²) >= 11 is 0. The Kier molecular flexibility index (Phi) is 5.53. The summed E-state index contributed by atoms with van der Waals surface area (Å²) in [6.07, 6.45) is 0. The van der Waals surface area contributed by atoms with Crippen molar-refractivity contribution in [2.75, 3.05) is 39.0 Å². The van der Waals surface area contributed by atoms with Gasteiger partial charge in [-0.1, -0.05) is 36.4 Å². The van der Waals surface area contributed by atoms with Crippen LogP contribution in [-0.2, 0) is 0 Å². The highest BCUT2D eigenvalue weighted by Gasteiger charge is 2.24. The number of benzene rings is 2. The van der Waals surface area contributed by atoms with Crippen LogP contribution in [0, 0.1) is 0 Å². The first kappa shape index (κ1) is 17.9. The fourth-order valence-electron chi connectivity index (χ4n) is 3.03. The Morgan fingerprint density at radius 1 is 1.12 bits per heavy atom. The molecule has 0 spiro atoms. The van der Waals surface area contributed by atoms with E-state index in [0.29, 0.717) is 24.3 Å². The smallest absolute Gasteiger partial charge is 0.321 e. The lowest BCUT2D eigenvalue weighted by atomic mass is 10.0. The lowest BCUT2D eigenvalue weighted by molar-refractivity contribution is 0.0827. The van der Waals surface area contributed by atoms with E-state index in [-0.39, 0.29) is 18.0 Å². The van der Waals surface area contributed by atoms with Gasteiger partial charge in [-0.25, -0.2) is 4.79 Å². The third kappa shape index (κ3) is 4.21. The Labute approximate surface area is 153 Å². The average molecular weight is 352 g/mol. The molecular weight excluding hydrogens is 328 g/mol. The molecule has 1 atom stereocenters. The number of nitrogens with zero attached hydrogens (tertiary/aromatic N) is 2. The van der Waals surface area contributed by atoms with Gasteiger partial charge in [0, 0.05) is 45.0 Å². The highest BCUT2D eigenvalue weighted by Crippen LogP contribution is 2.18. The number of anilines is 1. The van der Waals surface area contributed by atoms with Gasteiger partial charge >= 0.3 is 6.03 Å². The summed E-state index contributed by atoms with van der Waals surface area (Å²) in [5, 5.41) is 6.36. The number of urea groups is 1. The fourth-order valence-corrected chi connectivity index (χ4v) is 3.03. The van der Waals surface area contributed by atoms with Crippen LogP contribution < -0.4 is 10.6 Å². The molecule has 0 saturated carbocycles. The number of carbonyl (C=O) groups excluding carboxylic acids is 2. The second-order valence-electron chi connectivity index (χ2n) is 6.57. The summed E-state index contributed by atoms with van der Waals surface area (Å²) < 4.78 is 0. The van der Waals surface area contributed by atoms with Crippen molar-refractivity contribution in [1.82, 2.24) is 15.1 Å². The van der Waals surface area contributed by atoms with Gasteiger partial charge in [0.05, 0.1) is 6.04 Å². The summed E-state index contributed by atoms with van der Waals surface area (Å²) in [4.78, 5) is 28.0. The number of carbonyl (C=O) groups is 2. The minimum atomic E-state index is -0.151. The summed E-state index contributed by atoms with van der Waals surface area (Å²) in [5.74, 6) is -0.0904. The number of hydrogen-bond donors (Lipinski definition) is 2. The molecule has 1 aliphatic rings. The van der Waals surface area contributed by atoms with Crippen LogP contribution >= 0.6 is 0 Å². The second kappa shape index (κ2) is 8.01. The molecule has 2 aromatic carbocycles. The molecule has 26 heavy (non-hydrogen) atoms. The van der Waals surface area contributed by atoms with E-state index < -0.39 is 0 Å². The van der Waals surface area contributed by atoms with Crippen molar-refractivity contribution in [3.8, 4) is 0 Å². The monoisotopic (exact) mass is 352 g/mol.